The fourth-order valence-corrected chi connectivity index (χ4v) is 4.82. The summed E-state index contributed by atoms with van der Waals surface area (Å²) in [5.74, 6) is 0. The van der Waals surface area contributed by atoms with E-state index >= 15 is 0 Å². The molecule has 0 N–H and O–H groups in total. The first kappa shape index (κ1) is 28.3. The molecule has 0 heterocycles. The second kappa shape index (κ2) is 11.6. The largest absolute Gasteiger partial charge is 0.698 e. The number of hydrogen-bond acceptors (Lipinski definition) is 3. The molecule has 0 fully saturated rings. The minimum Gasteiger partial charge on any atom is -0.166 e. The summed E-state index contributed by atoms with van der Waals surface area (Å²) in [7, 11) is -2.65. The molecule has 188 valence electrons. The first-order valence-electron chi connectivity index (χ1n) is 11.0. The van der Waals surface area contributed by atoms with Gasteiger partial charge in [0.15, 0.2) is 0 Å². The van der Waals surface area contributed by atoms with Crippen molar-refractivity contribution in [2.45, 2.75) is 78.9 Å². The van der Waals surface area contributed by atoms with Crippen LogP contribution in [0.1, 0.15) is 72.2 Å². The SMILES string of the molecule is CCc1c(CO[P+](=O)OCc2ccc(C(F)(F)F)c(CC)c2CC)ccc(C(F)(F)F)c1CC. The van der Waals surface area contributed by atoms with E-state index in [2.05, 4.69) is 0 Å². The predicted molar refractivity (Wildman–Crippen MR) is 118 cm³/mol. The summed E-state index contributed by atoms with van der Waals surface area (Å²) in [5, 5.41) is 0. The predicted octanol–water partition coefficient (Wildman–Crippen LogP) is 8.36. The van der Waals surface area contributed by atoms with E-state index in [9.17, 15) is 30.9 Å². The first-order chi connectivity index (χ1) is 15.9. The number of alkyl halides is 6. The molecule has 0 radical (unpaired) electrons. The molecule has 10 heteroatoms. The molecule has 0 amide bonds. The lowest BCUT2D eigenvalue weighted by atomic mass is 9.92. The van der Waals surface area contributed by atoms with Crippen molar-refractivity contribution in [2.24, 2.45) is 0 Å². The fourth-order valence-electron chi connectivity index (χ4n) is 4.25. The molecule has 0 aromatic heterocycles. The molecule has 0 aliphatic rings. The molecule has 0 saturated carbocycles. The third-order valence-electron chi connectivity index (χ3n) is 5.73. The van der Waals surface area contributed by atoms with Crippen molar-refractivity contribution in [1.82, 2.24) is 0 Å². The maximum atomic E-state index is 13.3. The molecule has 2 rings (SSSR count). The van der Waals surface area contributed by atoms with Gasteiger partial charge in [-0.2, -0.15) is 26.3 Å². The highest BCUT2D eigenvalue weighted by atomic mass is 31.1. The van der Waals surface area contributed by atoms with E-state index in [0.29, 0.717) is 35.1 Å². The van der Waals surface area contributed by atoms with Crippen LogP contribution in [0.3, 0.4) is 0 Å². The van der Waals surface area contributed by atoms with Crippen LogP contribution < -0.4 is 0 Å². The van der Waals surface area contributed by atoms with Gasteiger partial charge in [-0.1, -0.05) is 39.8 Å². The Morgan fingerprint density at radius 2 is 0.941 bits per heavy atom. The summed E-state index contributed by atoms with van der Waals surface area (Å²) in [6.45, 7) is 6.32. The topological polar surface area (TPSA) is 35.5 Å². The highest BCUT2D eigenvalue weighted by Gasteiger charge is 2.35. The van der Waals surface area contributed by atoms with Crippen LogP contribution in [0.5, 0.6) is 0 Å². The van der Waals surface area contributed by atoms with E-state index in [1.807, 2.05) is 0 Å². The third kappa shape index (κ3) is 6.58. The lowest BCUT2D eigenvalue weighted by Gasteiger charge is -2.18. The minimum atomic E-state index is -4.47. The lowest BCUT2D eigenvalue weighted by Crippen LogP contribution is -2.13. The van der Waals surface area contributed by atoms with Crippen molar-refractivity contribution < 1.29 is 40.0 Å². The molecule has 3 nitrogen and oxygen atoms in total. The fraction of sp³-hybridized carbons (Fsp3) is 0.500. The molecule has 0 aliphatic heterocycles. The average molecular weight is 509 g/mol. The second-order valence-corrected chi connectivity index (χ2v) is 8.60. The van der Waals surface area contributed by atoms with Crippen molar-refractivity contribution in [3.63, 3.8) is 0 Å². The van der Waals surface area contributed by atoms with Crippen LogP contribution in [0, 0.1) is 0 Å². The molecular formula is C24H28F6O3P+. The Balaban J connectivity index is 2.15. The normalized spacial score (nSPS) is 12.3. The molecule has 0 atom stereocenters. The van der Waals surface area contributed by atoms with Gasteiger partial charge >= 0.3 is 20.6 Å². The summed E-state index contributed by atoms with van der Waals surface area (Å²) in [6, 6.07) is 4.60. The zero-order valence-electron chi connectivity index (χ0n) is 19.5. The number of hydrogen-bond donors (Lipinski definition) is 0. The Morgan fingerprint density at radius 3 is 1.21 bits per heavy atom. The van der Waals surface area contributed by atoms with Crippen molar-refractivity contribution in [3.05, 3.63) is 68.8 Å². The first-order valence-corrected chi connectivity index (χ1v) is 12.1. The summed E-state index contributed by atoms with van der Waals surface area (Å²) in [6.07, 6.45) is -7.90. The Labute approximate surface area is 196 Å². The number of rotatable bonds is 10. The van der Waals surface area contributed by atoms with Crippen molar-refractivity contribution in [1.29, 1.82) is 0 Å². The van der Waals surface area contributed by atoms with Gasteiger partial charge in [-0.05, 0) is 71.2 Å². The lowest BCUT2D eigenvalue weighted by molar-refractivity contribution is -0.139. The van der Waals surface area contributed by atoms with E-state index < -0.39 is 31.7 Å². The van der Waals surface area contributed by atoms with E-state index in [1.165, 1.54) is 12.1 Å². The molecule has 0 unspecified atom stereocenters. The van der Waals surface area contributed by atoms with Crippen molar-refractivity contribution in [3.8, 4) is 0 Å². The van der Waals surface area contributed by atoms with Crippen LogP contribution in [0.25, 0.3) is 0 Å². The third-order valence-corrected chi connectivity index (χ3v) is 6.41. The second-order valence-electron chi connectivity index (χ2n) is 7.64. The number of halogens is 6. The minimum absolute atomic E-state index is 0.177. The summed E-state index contributed by atoms with van der Waals surface area (Å²) in [5.41, 5.74) is 0.907. The van der Waals surface area contributed by atoms with Gasteiger partial charge in [0.25, 0.3) is 0 Å². The van der Waals surface area contributed by atoms with Crippen LogP contribution in [-0.4, -0.2) is 0 Å². The smallest absolute Gasteiger partial charge is 0.166 e. The molecule has 0 bridgehead atoms. The maximum Gasteiger partial charge on any atom is 0.698 e. The van der Waals surface area contributed by atoms with Gasteiger partial charge in [0.2, 0.25) is 0 Å². The zero-order valence-corrected chi connectivity index (χ0v) is 20.4. The Hall–Kier alpha value is -1.96. The molecule has 0 saturated heterocycles. The highest BCUT2D eigenvalue weighted by molar-refractivity contribution is 7.33. The van der Waals surface area contributed by atoms with Crippen LogP contribution in [0.4, 0.5) is 26.3 Å². The van der Waals surface area contributed by atoms with Gasteiger partial charge in [-0.15, -0.1) is 9.05 Å². The Morgan fingerprint density at radius 1 is 0.618 bits per heavy atom. The van der Waals surface area contributed by atoms with Crippen molar-refractivity contribution in [2.75, 3.05) is 0 Å². The van der Waals surface area contributed by atoms with Crippen LogP contribution in [0.15, 0.2) is 24.3 Å². The van der Waals surface area contributed by atoms with Gasteiger partial charge in [-0.25, -0.2) is 0 Å². The Bertz CT molecular complexity index is 936. The monoisotopic (exact) mass is 509 g/mol. The van der Waals surface area contributed by atoms with E-state index in [4.69, 9.17) is 9.05 Å². The van der Waals surface area contributed by atoms with E-state index in [0.717, 1.165) is 12.1 Å². The summed E-state index contributed by atoms with van der Waals surface area (Å²) < 4.78 is 103. The molecule has 2 aromatic carbocycles. The highest BCUT2D eigenvalue weighted by Crippen LogP contribution is 2.38. The average Bonchev–Trinajstić information content (AvgIpc) is 2.78. The standard InChI is InChI=1S/C24H28F6O3P/c1-5-17-15(9-11-21(19(17)7-3)23(25,26)27)13-32-34(31)33-14-16-10-12-22(24(28,29)30)20(8-4)18(16)6-2/h9-12H,5-8,13-14H2,1-4H3/q+1. The van der Waals surface area contributed by atoms with E-state index in [-0.39, 0.29) is 37.2 Å². The van der Waals surface area contributed by atoms with Gasteiger partial charge in [0.05, 0.1) is 11.1 Å². The van der Waals surface area contributed by atoms with Crippen LogP contribution in [-0.2, 0) is 64.9 Å². The van der Waals surface area contributed by atoms with Gasteiger partial charge < -0.3 is 0 Å². The zero-order chi connectivity index (χ0) is 25.7. The van der Waals surface area contributed by atoms with Gasteiger partial charge in [-0.3, -0.25) is 0 Å². The molecule has 0 aliphatic carbocycles. The quantitative estimate of drug-likeness (QED) is 0.238. The molecule has 34 heavy (non-hydrogen) atoms. The number of benzene rings is 2. The maximum absolute atomic E-state index is 13.3. The van der Waals surface area contributed by atoms with Crippen LogP contribution >= 0.6 is 8.25 Å². The molecule has 2 aromatic rings. The van der Waals surface area contributed by atoms with E-state index in [1.54, 1.807) is 27.7 Å². The molecular weight excluding hydrogens is 481 g/mol. The molecule has 0 spiro atoms. The van der Waals surface area contributed by atoms with Gasteiger partial charge in [0, 0.05) is 4.57 Å². The summed E-state index contributed by atoms with van der Waals surface area (Å²) in [4.78, 5) is 0. The van der Waals surface area contributed by atoms with Crippen molar-refractivity contribution >= 4 is 8.25 Å². The Kier molecular flexibility index (Phi) is 9.69. The van der Waals surface area contributed by atoms with Crippen LogP contribution in [0.2, 0.25) is 0 Å². The van der Waals surface area contributed by atoms with Gasteiger partial charge in [0.1, 0.15) is 13.2 Å². The summed E-state index contributed by atoms with van der Waals surface area (Å²) >= 11 is 0.